The fourth-order valence-electron chi connectivity index (χ4n) is 3.65. The normalized spacial score (nSPS) is 14.9. The van der Waals surface area contributed by atoms with Crippen LogP contribution in [-0.2, 0) is 22.4 Å². The van der Waals surface area contributed by atoms with Crippen molar-refractivity contribution in [3.05, 3.63) is 58.4 Å². The van der Waals surface area contributed by atoms with Crippen LogP contribution in [0.25, 0.3) is 0 Å². The van der Waals surface area contributed by atoms with Crippen molar-refractivity contribution in [3.8, 4) is 0 Å². The van der Waals surface area contributed by atoms with E-state index in [2.05, 4.69) is 4.98 Å². The van der Waals surface area contributed by atoms with Gasteiger partial charge in [-0.15, -0.1) is 0 Å². The minimum absolute atomic E-state index is 0.143. The molecule has 2 heterocycles. The largest absolute Gasteiger partial charge is 0.362 e. The van der Waals surface area contributed by atoms with Crippen LogP contribution in [0.1, 0.15) is 34.5 Å². The van der Waals surface area contributed by atoms with Gasteiger partial charge in [-0.25, -0.2) is 0 Å². The summed E-state index contributed by atoms with van der Waals surface area (Å²) >= 11 is 0. The SMILES string of the molecule is Cc1ccc(CC(=O)N2CCCN(C(=O)Cc3cc(C)[nH]c3C)CC2)cc1. The number of nitrogens with zero attached hydrogens (tertiary/aromatic N) is 2. The third-order valence-electron chi connectivity index (χ3n) is 5.28. The zero-order valence-electron chi connectivity index (χ0n) is 16.5. The molecule has 1 aromatic heterocycles. The van der Waals surface area contributed by atoms with Crippen molar-refractivity contribution in [1.29, 1.82) is 0 Å². The van der Waals surface area contributed by atoms with E-state index in [1.807, 2.05) is 60.9 Å². The standard InChI is InChI=1S/C22H29N3O2/c1-16-5-7-19(8-6-16)14-21(26)24-9-4-10-25(12-11-24)22(27)15-20-13-17(2)23-18(20)3/h5-8,13,23H,4,9-12,14-15H2,1-3H3. The van der Waals surface area contributed by atoms with Crippen LogP contribution in [0.2, 0.25) is 0 Å². The monoisotopic (exact) mass is 367 g/mol. The molecule has 0 saturated carbocycles. The van der Waals surface area contributed by atoms with Gasteiger partial charge in [-0.1, -0.05) is 29.8 Å². The van der Waals surface area contributed by atoms with Crippen molar-refractivity contribution < 1.29 is 9.59 Å². The Balaban J connectivity index is 1.54. The molecule has 0 unspecified atom stereocenters. The van der Waals surface area contributed by atoms with Crippen LogP contribution in [0.15, 0.2) is 30.3 Å². The van der Waals surface area contributed by atoms with Gasteiger partial charge in [0.05, 0.1) is 12.8 Å². The number of nitrogens with one attached hydrogen (secondary N) is 1. The van der Waals surface area contributed by atoms with E-state index in [1.54, 1.807) is 0 Å². The molecular formula is C22H29N3O2. The van der Waals surface area contributed by atoms with Crippen LogP contribution in [0.5, 0.6) is 0 Å². The van der Waals surface area contributed by atoms with E-state index < -0.39 is 0 Å². The maximum absolute atomic E-state index is 12.7. The minimum Gasteiger partial charge on any atom is -0.362 e. The third kappa shape index (κ3) is 5.00. The summed E-state index contributed by atoms with van der Waals surface area (Å²) in [5.41, 5.74) is 5.45. The van der Waals surface area contributed by atoms with Gasteiger partial charge in [0.15, 0.2) is 0 Å². The third-order valence-corrected chi connectivity index (χ3v) is 5.28. The second-order valence-electron chi connectivity index (χ2n) is 7.56. The summed E-state index contributed by atoms with van der Waals surface area (Å²) in [6, 6.07) is 10.2. The molecule has 1 aromatic carbocycles. The lowest BCUT2D eigenvalue weighted by atomic mass is 10.1. The molecular weight excluding hydrogens is 338 g/mol. The Morgan fingerprint density at radius 1 is 0.889 bits per heavy atom. The van der Waals surface area contributed by atoms with Crippen LogP contribution >= 0.6 is 0 Å². The highest BCUT2D eigenvalue weighted by molar-refractivity contribution is 5.80. The Kier molecular flexibility index (Phi) is 5.99. The summed E-state index contributed by atoms with van der Waals surface area (Å²) in [7, 11) is 0. The molecule has 2 amide bonds. The number of H-pyrrole nitrogens is 1. The lowest BCUT2D eigenvalue weighted by Gasteiger charge is -2.22. The number of rotatable bonds is 4. The molecule has 0 spiro atoms. The molecule has 144 valence electrons. The Hall–Kier alpha value is -2.56. The van der Waals surface area contributed by atoms with Crippen LogP contribution in [0.4, 0.5) is 0 Å². The fraction of sp³-hybridized carbons (Fsp3) is 0.455. The molecule has 1 N–H and O–H groups in total. The quantitative estimate of drug-likeness (QED) is 0.903. The van der Waals surface area contributed by atoms with Gasteiger partial charge in [-0.05, 0) is 44.4 Å². The molecule has 5 heteroatoms. The number of amides is 2. The molecule has 1 aliphatic rings. The van der Waals surface area contributed by atoms with Gasteiger partial charge in [0.1, 0.15) is 0 Å². The van der Waals surface area contributed by atoms with Crippen molar-refractivity contribution in [2.45, 2.75) is 40.0 Å². The van der Waals surface area contributed by atoms with Gasteiger partial charge in [0.2, 0.25) is 11.8 Å². The topological polar surface area (TPSA) is 56.4 Å². The van der Waals surface area contributed by atoms with E-state index in [9.17, 15) is 9.59 Å². The van der Waals surface area contributed by atoms with E-state index in [4.69, 9.17) is 0 Å². The highest BCUT2D eigenvalue weighted by atomic mass is 16.2. The van der Waals surface area contributed by atoms with E-state index >= 15 is 0 Å². The summed E-state index contributed by atoms with van der Waals surface area (Å²) < 4.78 is 0. The van der Waals surface area contributed by atoms with Gasteiger partial charge >= 0.3 is 0 Å². The molecule has 5 nitrogen and oxygen atoms in total. The maximum atomic E-state index is 12.7. The number of aromatic amines is 1. The predicted molar refractivity (Wildman–Crippen MR) is 107 cm³/mol. The van der Waals surface area contributed by atoms with Crippen molar-refractivity contribution in [1.82, 2.24) is 14.8 Å². The first-order valence-electron chi connectivity index (χ1n) is 9.68. The first kappa shape index (κ1) is 19.2. The maximum Gasteiger partial charge on any atom is 0.227 e. The Morgan fingerprint density at radius 2 is 1.48 bits per heavy atom. The molecule has 0 bridgehead atoms. The fourth-order valence-corrected chi connectivity index (χ4v) is 3.65. The highest BCUT2D eigenvalue weighted by Gasteiger charge is 2.22. The number of carbonyl (C=O) groups excluding carboxylic acids is 2. The lowest BCUT2D eigenvalue weighted by molar-refractivity contribution is -0.132. The number of hydrogen-bond acceptors (Lipinski definition) is 2. The number of aromatic nitrogens is 1. The molecule has 1 fully saturated rings. The highest BCUT2D eigenvalue weighted by Crippen LogP contribution is 2.13. The Bertz CT molecular complexity index is 807. The first-order valence-corrected chi connectivity index (χ1v) is 9.68. The van der Waals surface area contributed by atoms with Crippen LogP contribution in [0.3, 0.4) is 0 Å². The van der Waals surface area contributed by atoms with Crippen LogP contribution in [0, 0.1) is 20.8 Å². The molecule has 0 atom stereocenters. The van der Waals surface area contributed by atoms with Crippen molar-refractivity contribution in [3.63, 3.8) is 0 Å². The Labute approximate surface area is 161 Å². The van der Waals surface area contributed by atoms with E-state index in [-0.39, 0.29) is 11.8 Å². The second kappa shape index (κ2) is 8.42. The van der Waals surface area contributed by atoms with Gasteiger partial charge in [-0.2, -0.15) is 0 Å². The smallest absolute Gasteiger partial charge is 0.227 e. The van der Waals surface area contributed by atoms with E-state index in [0.717, 1.165) is 42.0 Å². The zero-order chi connectivity index (χ0) is 19.4. The average Bonchev–Trinajstić information content (AvgIpc) is 2.83. The average molecular weight is 367 g/mol. The van der Waals surface area contributed by atoms with Gasteiger partial charge in [0, 0.05) is 37.6 Å². The van der Waals surface area contributed by atoms with Gasteiger partial charge < -0.3 is 14.8 Å². The summed E-state index contributed by atoms with van der Waals surface area (Å²) in [5, 5.41) is 0. The zero-order valence-corrected chi connectivity index (χ0v) is 16.5. The molecule has 2 aromatic rings. The number of hydrogen-bond donors (Lipinski definition) is 1. The number of benzene rings is 1. The second-order valence-corrected chi connectivity index (χ2v) is 7.56. The predicted octanol–water partition coefficient (Wildman–Crippen LogP) is 2.79. The lowest BCUT2D eigenvalue weighted by Crippen LogP contribution is -2.38. The summed E-state index contributed by atoms with van der Waals surface area (Å²) in [6.07, 6.45) is 1.68. The summed E-state index contributed by atoms with van der Waals surface area (Å²) in [4.78, 5) is 32.4. The Morgan fingerprint density at radius 3 is 2.04 bits per heavy atom. The molecule has 27 heavy (non-hydrogen) atoms. The molecule has 1 saturated heterocycles. The summed E-state index contributed by atoms with van der Waals surface area (Å²) in [6.45, 7) is 8.71. The molecule has 1 aliphatic heterocycles. The van der Waals surface area contributed by atoms with Crippen molar-refractivity contribution in [2.24, 2.45) is 0 Å². The molecule has 0 aliphatic carbocycles. The van der Waals surface area contributed by atoms with E-state index in [1.165, 1.54) is 5.56 Å². The minimum atomic E-state index is 0.143. The van der Waals surface area contributed by atoms with Crippen LogP contribution in [-0.4, -0.2) is 52.8 Å². The van der Waals surface area contributed by atoms with Gasteiger partial charge in [-0.3, -0.25) is 9.59 Å². The van der Waals surface area contributed by atoms with Gasteiger partial charge in [0.25, 0.3) is 0 Å². The number of aryl methyl sites for hydroxylation is 3. The molecule has 3 rings (SSSR count). The van der Waals surface area contributed by atoms with Crippen molar-refractivity contribution >= 4 is 11.8 Å². The molecule has 0 radical (unpaired) electrons. The van der Waals surface area contributed by atoms with Crippen molar-refractivity contribution in [2.75, 3.05) is 26.2 Å². The van der Waals surface area contributed by atoms with Crippen LogP contribution < -0.4 is 0 Å². The van der Waals surface area contributed by atoms with E-state index in [0.29, 0.717) is 25.9 Å². The summed E-state index contributed by atoms with van der Waals surface area (Å²) in [5.74, 6) is 0.287. The number of carbonyl (C=O) groups is 2. The first-order chi connectivity index (χ1) is 12.9.